The third-order valence-corrected chi connectivity index (χ3v) is 2.67. The average Bonchev–Trinajstić information content (AvgIpc) is 2.65. The lowest BCUT2D eigenvalue weighted by atomic mass is 10.0. The summed E-state index contributed by atoms with van der Waals surface area (Å²) in [6.07, 6.45) is 2.68. The molecule has 2 rings (SSSR count). The van der Waals surface area contributed by atoms with Crippen LogP contribution in [0.2, 0.25) is 0 Å². The lowest BCUT2D eigenvalue weighted by Gasteiger charge is -2.25. The minimum absolute atomic E-state index is 0.0367. The predicted molar refractivity (Wildman–Crippen MR) is 64.1 cm³/mol. The molecule has 0 atom stereocenters. The van der Waals surface area contributed by atoms with Crippen LogP contribution in [0.1, 0.15) is 27.2 Å². The molecule has 0 fully saturated rings. The number of nitrogen functional groups attached to an aromatic ring is 1. The van der Waals surface area contributed by atoms with Gasteiger partial charge in [-0.05, 0) is 20.3 Å². The number of hydrogen-bond donors (Lipinski definition) is 3. The Morgan fingerprint density at radius 1 is 1.44 bits per heavy atom. The summed E-state index contributed by atoms with van der Waals surface area (Å²) in [6, 6.07) is 0. The molecule has 16 heavy (non-hydrogen) atoms. The minimum atomic E-state index is -0.0367. The minimum Gasteiger partial charge on any atom is -0.368 e. The molecule has 0 aromatic carbocycles. The van der Waals surface area contributed by atoms with Crippen molar-refractivity contribution >= 4 is 22.8 Å². The van der Waals surface area contributed by atoms with Gasteiger partial charge in [0.05, 0.1) is 11.6 Å². The van der Waals surface area contributed by atoms with E-state index in [0.29, 0.717) is 5.65 Å². The number of anilines is 2. The molecule has 4 N–H and O–H groups in total. The van der Waals surface area contributed by atoms with E-state index >= 15 is 0 Å². The van der Waals surface area contributed by atoms with Gasteiger partial charge in [0.15, 0.2) is 5.65 Å². The molecule has 6 heteroatoms. The van der Waals surface area contributed by atoms with Crippen molar-refractivity contribution in [2.24, 2.45) is 0 Å². The second kappa shape index (κ2) is 3.62. The summed E-state index contributed by atoms with van der Waals surface area (Å²) in [6.45, 7) is 6.33. The van der Waals surface area contributed by atoms with Crippen LogP contribution in [-0.4, -0.2) is 25.7 Å². The zero-order valence-corrected chi connectivity index (χ0v) is 9.70. The first-order chi connectivity index (χ1) is 7.52. The molecule has 2 heterocycles. The first kappa shape index (κ1) is 10.7. The monoisotopic (exact) mass is 220 g/mol. The van der Waals surface area contributed by atoms with E-state index < -0.39 is 0 Å². The van der Waals surface area contributed by atoms with Crippen molar-refractivity contribution in [3.63, 3.8) is 0 Å². The van der Waals surface area contributed by atoms with E-state index in [4.69, 9.17) is 5.73 Å². The van der Waals surface area contributed by atoms with Gasteiger partial charge < -0.3 is 11.1 Å². The molecular weight excluding hydrogens is 204 g/mol. The van der Waals surface area contributed by atoms with Crippen LogP contribution >= 0.6 is 0 Å². The summed E-state index contributed by atoms with van der Waals surface area (Å²) in [4.78, 5) is 8.26. The van der Waals surface area contributed by atoms with Crippen LogP contribution in [0.4, 0.5) is 11.8 Å². The molecule has 0 saturated carbocycles. The molecule has 0 aliphatic heterocycles. The van der Waals surface area contributed by atoms with Gasteiger partial charge in [-0.2, -0.15) is 15.1 Å². The molecular formula is C10H16N6. The summed E-state index contributed by atoms with van der Waals surface area (Å²) in [5.74, 6) is 0.967. The highest BCUT2D eigenvalue weighted by Crippen LogP contribution is 2.23. The van der Waals surface area contributed by atoms with Gasteiger partial charge in [-0.15, -0.1) is 0 Å². The van der Waals surface area contributed by atoms with Gasteiger partial charge in [0.1, 0.15) is 5.82 Å². The molecule has 0 unspecified atom stereocenters. The highest BCUT2D eigenvalue weighted by molar-refractivity contribution is 5.87. The van der Waals surface area contributed by atoms with Crippen LogP contribution in [0.3, 0.4) is 0 Å². The highest BCUT2D eigenvalue weighted by Gasteiger charge is 2.17. The Bertz CT molecular complexity index is 501. The summed E-state index contributed by atoms with van der Waals surface area (Å²) < 4.78 is 0. The standard InChI is InChI=1S/C10H16N6/c1-4-10(2,3)15-7-6-5-12-16-8(6)14-9(11)13-7/h5H,4H2,1-3H3,(H4,11,12,13,14,15,16). The van der Waals surface area contributed by atoms with Crippen LogP contribution in [-0.2, 0) is 0 Å². The van der Waals surface area contributed by atoms with Crippen LogP contribution in [0.5, 0.6) is 0 Å². The van der Waals surface area contributed by atoms with E-state index in [1.807, 2.05) is 0 Å². The fraction of sp³-hybridized carbons (Fsp3) is 0.500. The lowest BCUT2D eigenvalue weighted by molar-refractivity contribution is 0.546. The van der Waals surface area contributed by atoms with Crippen molar-refractivity contribution in [2.75, 3.05) is 11.1 Å². The lowest BCUT2D eigenvalue weighted by Crippen LogP contribution is -2.30. The number of nitrogens with two attached hydrogens (primary N) is 1. The molecule has 0 aliphatic rings. The summed E-state index contributed by atoms with van der Waals surface area (Å²) in [7, 11) is 0. The van der Waals surface area contributed by atoms with Crippen LogP contribution < -0.4 is 11.1 Å². The van der Waals surface area contributed by atoms with Crippen LogP contribution in [0.15, 0.2) is 6.20 Å². The predicted octanol–water partition coefficient (Wildman–Crippen LogP) is 1.54. The van der Waals surface area contributed by atoms with Gasteiger partial charge in [0, 0.05) is 5.54 Å². The number of H-pyrrole nitrogens is 1. The van der Waals surface area contributed by atoms with Crippen molar-refractivity contribution in [2.45, 2.75) is 32.7 Å². The molecule has 6 nitrogen and oxygen atoms in total. The van der Waals surface area contributed by atoms with Gasteiger partial charge in [-0.3, -0.25) is 5.10 Å². The fourth-order valence-electron chi connectivity index (χ4n) is 1.36. The van der Waals surface area contributed by atoms with Crippen LogP contribution in [0, 0.1) is 0 Å². The van der Waals surface area contributed by atoms with Crippen molar-refractivity contribution < 1.29 is 0 Å². The molecule has 2 aromatic heterocycles. The SMILES string of the molecule is CCC(C)(C)Nc1nc(N)nc2[nH]ncc12. The van der Waals surface area contributed by atoms with Gasteiger partial charge in [-0.1, -0.05) is 6.92 Å². The summed E-state index contributed by atoms with van der Waals surface area (Å²) >= 11 is 0. The number of fused-ring (bicyclic) bond motifs is 1. The molecule has 86 valence electrons. The number of nitrogens with zero attached hydrogens (tertiary/aromatic N) is 3. The Balaban J connectivity index is 2.47. The zero-order valence-electron chi connectivity index (χ0n) is 9.70. The summed E-state index contributed by atoms with van der Waals surface area (Å²) in [5.41, 5.74) is 6.25. The summed E-state index contributed by atoms with van der Waals surface area (Å²) in [5, 5.41) is 10.9. The van der Waals surface area contributed by atoms with Crippen molar-refractivity contribution in [1.29, 1.82) is 0 Å². The van der Waals surface area contributed by atoms with Gasteiger partial charge in [-0.25, -0.2) is 0 Å². The number of hydrogen-bond acceptors (Lipinski definition) is 5. The Labute approximate surface area is 93.7 Å². The van der Waals surface area contributed by atoms with E-state index in [-0.39, 0.29) is 11.5 Å². The molecule has 0 amide bonds. The van der Waals surface area contributed by atoms with Crippen molar-refractivity contribution in [1.82, 2.24) is 20.2 Å². The van der Waals surface area contributed by atoms with Gasteiger partial charge >= 0.3 is 0 Å². The smallest absolute Gasteiger partial charge is 0.224 e. The quantitative estimate of drug-likeness (QED) is 0.729. The van der Waals surface area contributed by atoms with E-state index in [1.54, 1.807) is 6.20 Å². The second-order valence-corrected chi connectivity index (χ2v) is 4.43. The van der Waals surface area contributed by atoms with Gasteiger partial charge in [0.2, 0.25) is 5.95 Å². The largest absolute Gasteiger partial charge is 0.368 e. The molecule has 0 bridgehead atoms. The topological polar surface area (TPSA) is 92.5 Å². The number of nitrogens with one attached hydrogen (secondary N) is 2. The maximum Gasteiger partial charge on any atom is 0.224 e. The Morgan fingerprint density at radius 2 is 2.19 bits per heavy atom. The maximum atomic E-state index is 5.63. The molecule has 0 radical (unpaired) electrons. The first-order valence-corrected chi connectivity index (χ1v) is 5.26. The number of aromatic amines is 1. The number of rotatable bonds is 3. The normalized spacial score (nSPS) is 11.9. The fourth-order valence-corrected chi connectivity index (χ4v) is 1.36. The zero-order chi connectivity index (χ0) is 11.8. The third-order valence-electron chi connectivity index (χ3n) is 2.67. The second-order valence-electron chi connectivity index (χ2n) is 4.43. The number of aromatic nitrogens is 4. The average molecular weight is 220 g/mol. The van der Waals surface area contributed by atoms with Gasteiger partial charge in [0.25, 0.3) is 0 Å². The van der Waals surface area contributed by atoms with E-state index in [1.165, 1.54) is 0 Å². The van der Waals surface area contributed by atoms with E-state index in [0.717, 1.165) is 17.6 Å². The van der Waals surface area contributed by atoms with Crippen molar-refractivity contribution in [3.05, 3.63) is 6.20 Å². The molecule has 0 aliphatic carbocycles. The van der Waals surface area contributed by atoms with Crippen LogP contribution in [0.25, 0.3) is 11.0 Å². The maximum absolute atomic E-state index is 5.63. The van der Waals surface area contributed by atoms with E-state index in [9.17, 15) is 0 Å². The van der Waals surface area contributed by atoms with E-state index in [2.05, 4.69) is 46.3 Å². The highest BCUT2D eigenvalue weighted by atomic mass is 15.2. The van der Waals surface area contributed by atoms with Crippen molar-refractivity contribution in [3.8, 4) is 0 Å². The molecule has 2 aromatic rings. The molecule has 0 spiro atoms. The Morgan fingerprint density at radius 3 is 2.88 bits per heavy atom. The first-order valence-electron chi connectivity index (χ1n) is 5.26. The molecule has 0 saturated heterocycles. The Hall–Kier alpha value is -1.85. The third kappa shape index (κ3) is 1.91. The Kier molecular flexibility index (Phi) is 2.41.